The quantitative estimate of drug-likeness (QED) is 0.472. The summed E-state index contributed by atoms with van der Waals surface area (Å²) in [6.07, 6.45) is 0.814. The van der Waals surface area contributed by atoms with E-state index in [1.165, 1.54) is 0 Å². The SMILES string of the molecule is Cc1nc(Cl)nc(N(C)C2CCOC2)c1[N+](=O)[O-]. The van der Waals surface area contributed by atoms with Crippen molar-refractivity contribution in [3.8, 4) is 0 Å². The van der Waals surface area contributed by atoms with E-state index in [9.17, 15) is 10.1 Å². The van der Waals surface area contributed by atoms with Crippen LogP contribution in [0.1, 0.15) is 12.1 Å². The van der Waals surface area contributed by atoms with Crippen molar-refractivity contribution < 1.29 is 9.66 Å². The second kappa shape index (κ2) is 5.03. The van der Waals surface area contributed by atoms with Gasteiger partial charge in [-0.15, -0.1) is 0 Å². The number of aromatic nitrogens is 2. The van der Waals surface area contributed by atoms with Crippen molar-refractivity contribution in [1.82, 2.24) is 9.97 Å². The van der Waals surface area contributed by atoms with Crippen molar-refractivity contribution in [1.29, 1.82) is 0 Å². The molecular formula is C10H13ClN4O3. The van der Waals surface area contributed by atoms with E-state index >= 15 is 0 Å². The van der Waals surface area contributed by atoms with Crippen molar-refractivity contribution in [2.24, 2.45) is 0 Å². The van der Waals surface area contributed by atoms with Crippen LogP contribution < -0.4 is 4.90 Å². The molecule has 1 atom stereocenters. The molecule has 0 aromatic carbocycles. The van der Waals surface area contributed by atoms with Crippen LogP contribution in [0, 0.1) is 17.0 Å². The fraction of sp³-hybridized carbons (Fsp3) is 0.600. The van der Waals surface area contributed by atoms with Crippen LogP contribution in [0.5, 0.6) is 0 Å². The summed E-state index contributed by atoms with van der Waals surface area (Å²) < 4.78 is 5.27. The summed E-state index contributed by atoms with van der Waals surface area (Å²) in [5, 5.41) is 11.1. The molecule has 0 bridgehead atoms. The molecule has 0 spiro atoms. The molecule has 1 aromatic rings. The maximum absolute atomic E-state index is 11.1. The number of rotatable bonds is 3. The number of nitro groups is 1. The van der Waals surface area contributed by atoms with Gasteiger partial charge in [-0.2, -0.15) is 4.98 Å². The van der Waals surface area contributed by atoms with Gasteiger partial charge in [-0.1, -0.05) is 0 Å². The number of hydrogen-bond acceptors (Lipinski definition) is 6. The zero-order chi connectivity index (χ0) is 13.3. The summed E-state index contributed by atoms with van der Waals surface area (Å²) in [6, 6.07) is 0.0778. The molecule has 1 saturated heterocycles. The van der Waals surface area contributed by atoms with Crippen molar-refractivity contribution in [2.45, 2.75) is 19.4 Å². The summed E-state index contributed by atoms with van der Waals surface area (Å²) in [4.78, 5) is 20.2. The molecule has 1 aliphatic heterocycles. The molecule has 2 heterocycles. The van der Waals surface area contributed by atoms with Crippen molar-refractivity contribution in [2.75, 3.05) is 25.2 Å². The zero-order valence-corrected chi connectivity index (χ0v) is 10.8. The minimum absolute atomic E-state index is 0.0128. The van der Waals surface area contributed by atoms with E-state index in [0.717, 1.165) is 6.42 Å². The molecule has 0 amide bonds. The fourth-order valence-corrected chi connectivity index (χ4v) is 2.19. The molecule has 1 aromatic heterocycles. The average molecular weight is 273 g/mol. The highest BCUT2D eigenvalue weighted by Gasteiger charge is 2.30. The third kappa shape index (κ3) is 2.37. The van der Waals surface area contributed by atoms with Gasteiger partial charge in [0, 0.05) is 13.7 Å². The van der Waals surface area contributed by atoms with Gasteiger partial charge in [0.2, 0.25) is 11.1 Å². The lowest BCUT2D eigenvalue weighted by molar-refractivity contribution is -0.385. The number of hydrogen-bond donors (Lipinski definition) is 0. The Hall–Kier alpha value is -1.47. The average Bonchev–Trinajstić information content (AvgIpc) is 2.79. The van der Waals surface area contributed by atoms with Crippen LogP contribution in [0.15, 0.2) is 0 Å². The van der Waals surface area contributed by atoms with E-state index in [1.807, 2.05) is 0 Å². The van der Waals surface area contributed by atoms with E-state index in [2.05, 4.69) is 9.97 Å². The Kier molecular flexibility index (Phi) is 3.63. The van der Waals surface area contributed by atoms with Crippen LogP contribution in [-0.2, 0) is 4.74 Å². The number of anilines is 1. The first-order chi connectivity index (χ1) is 8.50. The predicted molar refractivity (Wildman–Crippen MR) is 66.1 cm³/mol. The molecule has 1 unspecified atom stereocenters. The van der Waals surface area contributed by atoms with Gasteiger partial charge >= 0.3 is 5.69 Å². The molecule has 0 aliphatic carbocycles. The Labute approximate surface area is 109 Å². The standard InChI is InChI=1S/C10H13ClN4O3/c1-6-8(15(16)17)9(13-10(11)12-6)14(2)7-3-4-18-5-7/h7H,3-5H2,1-2H3. The lowest BCUT2D eigenvalue weighted by atomic mass is 10.2. The van der Waals surface area contributed by atoms with E-state index < -0.39 is 4.92 Å². The van der Waals surface area contributed by atoms with E-state index in [1.54, 1.807) is 18.9 Å². The fourth-order valence-electron chi connectivity index (χ4n) is 1.98. The lowest BCUT2D eigenvalue weighted by Gasteiger charge is -2.24. The number of likely N-dealkylation sites (N-methyl/N-ethyl adjacent to an activating group) is 1. The van der Waals surface area contributed by atoms with Gasteiger partial charge < -0.3 is 9.64 Å². The third-order valence-electron chi connectivity index (χ3n) is 2.98. The van der Waals surface area contributed by atoms with Gasteiger partial charge in [0.1, 0.15) is 5.69 Å². The zero-order valence-electron chi connectivity index (χ0n) is 10.1. The van der Waals surface area contributed by atoms with Gasteiger partial charge in [-0.3, -0.25) is 10.1 Å². The monoisotopic (exact) mass is 272 g/mol. The van der Waals surface area contributed by atoms with Crippen molar-refractivity contribution in [3.63, 3.8) is 0 Å². The van der Waals surface area contributed by atoms with Crippen LogP contribution in [0.2, 0.25) is 5.28 Å². The van der Waals surface area contributed by atoms with Gasteiger partial charge in [-0.25, -0.2) is 4.98 Å². The first-order valence-corrected chi connectivity index (χ1v) is 5.87. The molecule has 0 saturated carbocycles. The van der Waals surface area contributed by atoms with Crippen LogP contribution in [0.25, 0.3) is 0 Å². The van der Waals surface area contributed by atoms with Gasteiger partial charge in [0.15, 0.2) is 0 Å². The Morgan fingerprint density at radius 3 is 2.83 bits per heavy atom. The summed E-state index contributed by atoms with van der Waals surface area (Å²) in [7, 11) is 1.75. The molecule has 1 aliphatic rings. The molecule has 8 heteroatoms. The Morgan fingerprint density at radius 1 is 1.56 bits per heavy atom. The van der Waals surface area contributed by atoms with Gasteiger partial charge in [0.25, 0.3) is 0 Å². The number of ether oxygens (including phenoxy) is 1. The van der Waals surface area contributed by atoms with E-state index in [4.69, 9.17) is 16.3 Å². The minimum atomic E-state index is -0.479. The van der Waals surface area contributed by atoms with Crippen LogP contribution >= 0.6 is 11.6 Å². The van der Waals surface area contributed by atoms with Crippen LogP contribution in [0.3, 0.4) is 0 Å². The topological polar surface area (TPSA) is 81.4 Å². The van der Waals surface area contributed by atoms with Crippen molar-refractivity contribution >= 4 is 23.1 Å². The summed E-state index contributed by atoms with van der Waals surface area (Å²) in [6.45, 7) is 2.74. The number of nitrogens with zero attached hydrogens (tertiary/aromatic N) is 4. The molecule has 0 N–H and O–H groups in total. The van der Waals surface area contributed by atoms with E-state index in [0.29, 0.717) is 13.2 Å². The molecule has 0 radical (unpaired) electrons. The van der Waals surface area contributed by atoms with Crippen LogP contribution in [0.4, 0.5) is 11.5 Å². The second-order valence-electron chi connectivity index (χ2n) is 4.14. The third-order valence-corrected chi connectivity index (χ3v) is 3.15. The molecule has 7 nitrogen and oxygen atoms in total. The molecular weight excluding hydrogens is 260 g/mol. The van der Waals surface area contributed by atoms with Crippen LogP contribution in [-0.4, -0.2) is 41.2 Å². The lowest BCUT2D eigenvalue weighted by Crippen LogP contribution is -2.33. The maximum Gasteiger partial charge on any atom is 0.332 e. The molecule has 18 heavy (non-hydrogen) atoms. The highest BCUT2D eigenvalue weighted by atomic mass is 35.5. The maximum atomic E-state index is 11.1. The van der Waals surface area contributed by atoms with Crippen molar-refractivity contribution in [3.05, 3.63) is 21.1 Å². The first-order valence-electron chi connectivity index (χ1n) is 5.50. The largest absolute Gasteiger partial charge is 0.379 e. The predicted octanol–water partition coefficient (Wildman–Crippen LogP) is 1.57. The number of halogens is 1. The highest BCUT2D eigenvalue weighted by Crippen LogP contribution is 2.31. The molecule has 98 valence electrons. The Balaban J connectivity index is 2.44. The first kappa shape index (κ1) is 13.0. The Bertz CT molecular complexity index is 476. The summed E-state index contributed by atoms with van der Waals surface area (Å²) in [5.41, 5.74) is 0.162. The number of aryl methyl sites for hydroxylation is 1. The van der Waals surface area contributed by atoms with Gasteiger partial charge in [-0.05, 0) is 24.9 Å². The summed E-state index contributed by atoms with van der Waals surface area (Å²) in [5.74, 6) is 0.244. The smallest absolute Gasteiger partial charge is 0.332 e. The van der Waals surface area contributed by atoms with E-state index in [-0.39, 0.29) is 28.5 Å². The second-order valence-corrected chi connectivity index (χ2v) is 4.47. The Morgan fingerprint density at radius 2 is 2.28 bits per heavy atom. The highest BCUT2D eigenvalue weighted by molar-refractivity contribution is 6.28. The minimum Gasteiger partial charge on any atom is -0.379 e. The summed E-state index contributed by atoms with van der Waals surface area (Å²) >= 11 is 5.77. The molecule has 1 fully saturated rings. The normalized spacial score (nSPS) is 18.9. The van der Waals surface area contributed by atoms with Gasteiger partial charge in [0.05, 0.1) is 17.6 Å². The molecule has 2 rings (SSSR count).